The van der Waals surface area contributed by atoms with E-state index in [4.69, 9.17) is 0 Å². The maximum absolute atomic E-state index is 9.98. The van der Waals surface area contributed by atoms with Gasteiger partial charge in [-0.1, -0.05) is 188 Å². The van der Waals surface area contributed by atoms with Crippen LogP contribution in [0.25, 0.3) is 87.6 Å². The summed E-state index contributed by atoms with van der Waals surface area (Å²) in [7, 11) is 0. The van der Waals surface area contributed by atoms with Crippen molar-refractivity contribution in [2.24, 2.45) is 0 Å². The molecule has 0 aliphatic rings. The average molecular weight is 754 g/mol. The first-order valence-corrected chi connectivity index (χ1v) is 20.0. The monoisotopic (exact) mass is 753 g/mol. The van der Waals surface area contributed by atoms with Crippen molar-refractivity contribution in [1.82, 2.24) is 0 Å². The Hall–Kier alpha value is -7.74. The minimum absolute atomic E-state index is 0.107. The second-order valence-electron chi connectivity index (χ2n) is 14.9. The van der Waals surface area contributed by atoms with Gasteiger partial charge >= 0.3 is 0 Å². The van der Waals surface area contributed by atoms with E-state index in [0.29, 0.717) is 5.56 Å². The summed E-state index contributed by atoms with van der Waals surface area (Å²) < 4.78 is 39.8. The van der Waals surface area contributed by atoms with Crippen molar-refractivity contribution in [3.63, 3.8) is 0 Å². The molecule has 0 saturated carbocycles. The molecule has 11 rings (SSSR count). The second kappa shape index (κ2) is 14.6. The number of nitrogens with zero attached hydrogens (tertiary/aromatic N) is 1. The zero-order chi connectivity index (χ0) is 42.6. The average Bonchev–Trinajstić information content (AvgIpc) is 3.35. The van der Waals surface area contributed by atoms with Gasteiger partial charge in [0.15, 0.2) is 0 Å². The number of rotatable bonds is 7. The zero-order valence-corrected chi connectivity index (χ0v) is 32.2. The molecule has 11 aromatic carbocycles. The topological polar surface area (TPSA) is 3.24 Å². The Morgan fingerprint density at radius 3 is 1.44 bits per heavy atom. The molecule has 0 unspecified atom stereocenters. The lowest BCUT2D eigenvalue weighted by Crippen LogP contribution is -2.09. The third-order valence-electron chi connectivity index (χ3n) is 11.5. The van der Waals surface area contributed by atoms with Crippen LogP contribution in [0.4, 0.5) is 17.1 Å². The van der Waals surface area contributed by atoms with Crippen molar-refractivity contribution in [2.45, 2.75) is 0 Å². The second-order valence-corrected chi connectivity index (χ2v) is 14.9. The van der Waals surface area contributed by atoms with Gasteiger partial charge in [-0.25, -0.2) is 0 Å². The van der Waals surface area contributed by atoms with Crippen molar-refractivity contribution < 1.29 is 5.48 Å². The number of anilines is 3. The summed E-state index contributed by atoms with van der Waals surface area (Å²) in [6.07, 6.45) is 0. The molecule has 0 N–H and O–H groups in total. The van der Waals surface area contributed by atoms with Gasteiger partial charge in [-0.2, -0.15) is 0 Å². The lowest BCUT2D eigenvalue weighted by molar-refractivity contribution is 1.28. The highest BCUT2D eigenvalue weighted by molar-refractivity contribution is 6.22. The maximum Gasteiger partial charge on any atom is 0.0645 e. The van der Waals surface area contributed by atoms with E-state index in [0.717, 1.165) is 77.1 Å². The van der Waals surface area contributed by atoms with Crippen LogP contribution in [-0.2, 0) is 0 Å². The van der Waals surface area contributed by atoms with E-state index in [2.05, 4.69) is 121 Å². The number of benzene rings is 11. The summed E-state index contributed by atoms with van der Waals surface area (Å²) in [6.45, 7) is 0. The quantitative estimate of drug-likeness (QED) is 0.147. The van der Waals surface area contributed by atoms with Gasteiger partial charge in [0.05, 0.1) is 5.48 Å². The molecule has 0 bridgehead atoms. The van der Waals surface area contributed by atoms with Crippen molar-refractivity contribution in [3.05, 3.63) is 236 Å². The Morgan fingerprint density at radius 2 is 0.746 bits per heavy atom. The van der Waals surface area contributed by atoms with Gasteiger partial charge in [0, 0.05) is 17.1 Å². The molecule has 1 heteroatoms. The predicted molar refractivity (Wildman–Crippen MR) is 253 cm³/mol. The third kappa shape index (κ3) is 6.12. The molecule has 0 fully saturated rings. The van der Waals surface area contributed by atoms with Crippen molar-refractivity contribution in [3.8, 4) is 44.5 Å². The van der Waals surface area contributed by atoms with E-state index in [1.165, 1.54) is 10.8 Å². The van der Waals surface area contributed by atoms with Gasteiger partial charge in [0.1, 0.15) is 0 Å². The number of hydrogen-bond donors (Lipinski definition) is 0. The van der Waals surface area contributed by atoms with Gasteiger partial charge < -0.3 is 4.90 Å². The highest BCUT2D eigenvalue weighted by atomic mass is 15.1. The van der Waals surface area contributed by atoms with Crippen molar-refractivity contribution in [2.75, 3.05) is 4.90 Å². The maximum atomic E-state index is 9.98. The molecule has 0 spiro atoms. The molecule has 0 aromatic heterocycles. The lowest BCUT2D eigenvalue weighted by Gasteiger charge is -2.26. The fraction of sp³-hybridized carbons (Fsp3) is 0. The van der Waals surface area contributed by atoms with E-state index in [9.17, 15) is 5.48 Å². The summed E-state index contributed by atoms with van der Waals surface area (Å²) in [5.41, 5.74) is 8.53. The van der Waals surface area contributed by atoms with E-state index >= 15 is 0 Å². The van der Waals surface area contributed by atoms with Crippen LogP contribution in [0.1, 0.15) is 5.48 Å². The Balaban J connectivity index is 1.16. The molecular weight excluding hydrogens is 711 g/mol. The third-order valence-corrected chi connectivity index (χ3v) is 11.5. The normalized spacial score (nSPS) is 12.3. The minimum atomic E-state index is -0.127. The van der Waals surface area contributed by atoms with E-state index < -0.39 is 0 Å². The fourth-order valence-electron chi connectivity index (χ4n) is 8.82. The summed E-state index contributed by atoms with van der Waals surface area (Å²) in [6, 6.07) is 71.6. The fourth-order valence-corrected chi connectivity index (χ4v) is 8.82. The van der Waals surface area contributed by atoms with Gasteiger partial charge in [-0.15, -0.1) is 0 Å². The van der Waals surface area contributed by atoms with E-state index in [-0.39, 0.29) is 35.4 Å². The summed E-state index contributed by atoms with van der Waals surface area (Å²) in [4.78, 5) is 1.88. The first-order chi connectivity index (χ1) is 31.0. The molecule has 1 nitrogen and oxygen atoms in total. The van der Waals surface area contributed by atoms with Gasteiger partial charge in [-0.05, 0) is 136 Å². The zero-order valence-electron chi connectivity index (χ0n) is 36.2. The van der Waals surface area contributed by atoms with Crippen LogP contribution in [-0.4, -0.2) is 0 Å². The van der Waals surface area contributed by atoms with Crippen LogP contribution in [0.15, 0.2) is 236 Å². The molecule has 276 valence electrons. The van der Waals surface area contributed by atoms with Crippen LogP contribution in [0.3, 0.4) is 0 Å². The lowest BCUT2D eigenvalue weighted by atomic mass is 9.84. The largest absolute Gasteiger partial charge is 0.310 e. The Labute approximate surface area is 350 Å². The molecule has 0 atom stereocenters. The van der Waals surface area contributed by atoms with Crippen molar-refractivity contribution in [1.29, 1.82) is 0 Å². The Morgan fingerprint density at radius 1 is 0.271 bits per heavy atom. The van der Waals surface area contributed by atoms with Gasteiger partial charge in [-0.3, -0.25) is 0 Å². The predicted octanol–water partition coefficient (Wildman–Crippen LogP) is 16.4. The number of para-hydroxylation sites is 1. The highest BCUT2D eigenvalue weighted by Crippen LogP contribution is 2.46. The van der Waals surface area contributed by atoms with Crippen LogP contribution < -0.4 is 4.90 Å². The Bertz CT molecular complexity index is 3540. The molecule has 0 aliphatic heterocycles. The SMILES string of the molecule is [2H]c1c([2H])c(N(c2ccccc2)c2cccc(-c3cc4ccccc4c4ccccc34)c2)c([2H])c([2H])c1-c1c(-c2cccc(-c3ccccc3)c2)c2ccccc2c2ccccc12. The highest BCUT2D eigenvalue weighted by Gasteiger charge is 2.20. The van der Waals surface area contributed by atoms with Crippen LogP contribution in [0.5, 0.6) is 0 Å². The van der Waals surface area contributed by atoms with E-state index in [1.54, 1.807) is 0 Å². The Kier molecular flexibility index (Phi) is 7.55. The smallest absolute Gasteiger partial charge is 0.0645 e. The first kappa shape index (κ1) is 30.4. The van der Waals surface area contributed by atoms with Crippen LogP contribution in [0, 0.1) is 0 Å². The first-order valence-electron chi connectivity index (χ1n) is 22.0. The molecule has 59 heavy (non-hydrogen) atoms. The molecule has 0 heterocycles. The number of fused-ring (bicyclic) bond motifs is 6. The molecule has 11 aromatic rings. The van der Waals surface area contributed by atoms with E-state index in [1.807, 2.05) is 95.9 Å². The standard InChI is InChI=1S/C58H39N/c1-3-17-40(18-4-1)42-20-15-22-45(37-42)58-55-32-14-12-29-52(55)51-28-11-13-31-54(51)57(58)41-33-35-47(36-34-41)59(46-23-5-2-6-24-46)48-25-16-21-43(38-48)56-39-44-19-7-8-26-49(44)50-27-9-10-30-53(50)56/h1-39H/i33D,34D,35D,36D. The number of hydrogen-bond acceptors (Lipinski definition) is 1. The molecule has 0 amide bonds. The van der Waals surface area contributed by atoms with Crippen LogP contribution >= 0.6 is 0 Å². The molecule has 0 radical (unpaired) electrons. The summed E-state index contributed by atoms with van der Waals surface area (Å²) in [5.74, 6) is 0. The van der Waals surface area contributed by atoms with Crippen molar-refractivity contribution >= 4 is 60.2 Å². The summed E-state index contributed by atoms with van der Waals surface area (Å²) >= 11 is 0. The molecule has 0 saturated heterocycles. The minimum Gasteiger partial charge on any atom is -0.310 e. The molecule has 0 aliphatic carbocycles. The van der Waals surface area contributed by atoms with Crippen LogP contribution in [0.2, 0.25) is 0 Å². The van der Waals surface area contributed by atoms with Gasteiger partial charge in [0.2, 0.25) is 0 Å². The molecular formula is C58H39N. The summed E-state index contributed by atoms with van der Waals surface area (Å²) in [5, 5.41) is 8.49. The van der Waals surface area contributed by atoms with Gasteiger partial charge in [0.25, 0.3) is 0 Å².